The zero-order valence-electron chi connectivity index (χ0n) is 13.3. The molecule has 0 aromatic rings. The molecule has 116 valence electrons. The Bertz CT molecular complexity index is 311. The highest BCUT2D eigenvalue weighted by Gasteiger charge is 2.27. The van der Waals surface area contributed by atoms with Crippen molar-refractivity contribution in [3.63, 3.8) is 0 Å². The molecule has 0 amide bonds. The summed E-state index contributed by atoms with van der Waals surface area (Å²) in [6.45, 7) is 8.33. The topological polar surface area (TPSA) is 40.1 Å². The van der Waals surface area contributed by atoms with Gasteiger partial charge in [-0.3, -0.25) is 9.89 Å². The largest absolute Gasteiger partial charge is 0.381 e. The van der Waals surface area contributed by atoms with Gasteiger partial charge in [-0.25, -0.2) is 0 Å². The molecule has 5 heteroatoms. The molecule has 5 nitrogen and oxygen atoms in total. The van der Waals surface area contributed by atoms with Gasteiger partial charge in [-0.05, 0) is 25.8 Å². The summed E-state index contributed by atoms with van der Waals surface area (Å²) in [7, 11) is 3.98. The third kappa shape index (κ3) is 4.63. The highest BCUT2D eigenvalue weighted by molar-refractivity contribution is 5.79. The fourth-order valence-corrected chi connectivity index (χ4v) is 2.94. The van der Waals surface area contributed by atoms with E-state index in [0.29, 0.717) is 5.92 Å². The Morgan fingerprint density at radius 2 is 2.15 bits per heavy atom. The SMILES string of the molecule is CCN(CCNC(=NC)N(C)CC1CCOC1)C1CC1. The average Bonchev–Trinajstić information content (AvgIpc) is 3.17. The predicted molar refractivity (Wildman–Crippen MR) is 83.2 cm³/mol. The number of nitrogens with zero attached hydrogens (tertiary/aromatic N) is 3. The number of ether oxygens (including phenoxy) is 1. The zero-order valence-corrected chi connectivity index (χ0v) is 13.3. The van der Waals surface area contributed by atoms with Crippen molar-refractivity contribution in [2.45, 2.75) is 32.2 Å². The molecule has 20 heavy (non-hydrogen) atoms. The molecule has 1 aliphatic heterocycles. The summed E-state index contributed by atoms with van der Waals surface area (Å²) in [4.78, 5) is 9.17. The van der Waals surface area contributed by atoms with Crippen LogP contribution < -0.4 is 5.32 Å². The van der Waals surface area contributed by atoms with E-state index in [-0.39, 0.29) is 0 Å². The zero-order chi connectivity index (χ0) is 14.4. The van der Waals surface area contributed by atoms with Crippen LogP contribution >= 0.6 is 0 Å². The van der Waals surface area contributed by atoms with Gasteiger partial charge >= 0.3 is 0 Å². The second-order valence-corrected chi connectivity index (χ2v) is 5.94. The quantitative estimate of drug-likeness (QED) is 0.559. The average molecular weight is 282 g/mol. The lowest BCUT2D eigenvalue weighted by atomic mass is 10.1. The summed E-state index contributed by atoms with van der Waals surface area (Å²) in [5, 5.41) is 3.48. The van der Waals surface area contributed by atoms with Gasteiger partial charge in [-0.15, -0.1) is 0 Å². The van der Waals surface area contributed by atoms with E-state index in [1.165, 1.54) is 19.3 Å². The summed E-state index contributed by atoms with van der Waals surface area (Å²) in [6.07, 6.45) is 3.93. The van der Waals surface area contributed by atoms with Crippen molar-refractivity contribution in [1.29, 1.82) is 0 Å². The smallest absolute Gasteiger partial charge is 0.193 e. The molecule has 2 fully saturated rings. The Morgan fingerprint density at radius 1 is 1.35 bits per heavy atom. The Morgan fingerprint density at radius 3 is 2.70 bits per heavy atom. The fourth-order valence-electron chi connectivity index (χ4n) is 2.94. The molecule has 1 unspecified atom stereocenters. The number of nitrogens with one attached hydrogen (secondary N) is 1. The van der Waals surface area contributed by atoms with Crippen LogP contribution in [0.1, 0.15) is 26.2 Å². The predicted octanol–water partition coefficient (Wildman–Crippen LogP) is 1.01. The summed E-state index contributed by atoms with van der Waals surface area (Å²) < 4.78 is 5.44. The van der Waals surface area contributed by atoms with Crippen molar-refractivity contribution in [2.75, 3.05) is 53.5 Å². The van der Waals surface area contributed by atoms with E-state index in [0.717, 1.165) is 51.4 Å². The van der Waals surface area contributed by atoms with Crippen LogP contribution in [0.2, 0.25) is 0 Å². The Kier molecular flexibility index (Phi) is 6.10. The van der Waals surface area contributed by atoms with Crippen LogP contribution in [-0.4, -0.2) is 75.3 Å². The van der Waals surface area contributed by atoms with E-state index in [1.54, 1.807) is 0 Å². The van der Waals surface area contributed by atoms with E-state index in [9.17, 15) is 0 Å². The summed E-state index contributed by atoms with van der Waals surface area (Å²) in [5.74, 6) is 1.65. The van der Waals surface area contributed by atoms with Crippen LogP contribution in [0.15, 0.2) is 4.99 Å². The molecule has 0 aromatic heterocycles. The van der Waals surface area contributed by atoms with Crippen LogP contribution in [-0.2, 0) is 4.74 Å². The molecule has 1 aliphatic carbocycles. The molecular weight excluding hydrogens is 252 g/mol. The highest BCUT2D eigenvalue weighted by atomic mass is 16.5. The van der Waals surface area contributed by atoms with Gasteiger partial charge in [0.1, 0.15) is 0 Å². The molecule has 1 saturated carbocycles. The Balaban J connectivity index is 1.68. The summed E-state index contributed by atoms with van der Waals surface area (Å²) in [5.41, 5.74) is 0. The molecule has 0 aromatic carbocycles. The van der Waals surface area contributed by atoms with E-state index in [2.05, 4.69) is 34.1 Å². The van der Waals surface area contributed by atoms with Crippen LogP contribution in [0.4, 0.5) is 0 Å². The van der Waals surface area contributed by atoms with Crippen LogP contribution in [0, 0.1) is 5.92 Å². The molecule has 1 heterocycles. The first-order valence-corrected chi connectivity index (χ1v) is 7.98. The number of aliphatic imine (C=N–C) groups is 1. The van der Waals surface area contributed by atoms with Crippen molar-refractivity contribution in [2.24, 2.45) is 10.9 Å². The van der Waals surface area contributed by atoms with Gasteiger partial charge in [0, 0.05) is 52.3 Å². The number of rotatable bonds is 7. The minimum atomic E-state index is 0.650. The molecular formula is C15H30N4O. The first-order chi connectivity index (χ1) is 9.74. The van der Waals surface area contributed by atoms with Gasteiger partial charge < -0.3 is 15.0 Å². The number of guanidine groups is 1. The molecule has 0 radical (unpaired) electrons. The Hall–Kier alpha value is -0.810. The third-order valence-corrected chi connectivity index (χ3v) is 4.28. The lowest BCUT2D eigenvalue weighted by molar-refractivity contribution is 0.181. The second kappa shape index (κ2) is 7.84. The minimum absolute atomic E-state index is 0.650. The highest BCUT2D eigenvalue weighted by Crippen LogP contribution is 2.25. The van der Waals surface area contributed by atoms with Gasteiger partial charge in [0.05, 0.1) is 6.61 Å². The molecule has 0 spiro atoms. The molecule has 0 bridgehead atoms. The standard InChI is InChI=1S/C15H30N4O/c1-4-19(14-5-6-14)9-8-17-15(16-2)18(3)11-13-7-10-20-12-13/h13-14H,4-12H2,1-3H3,(H,16,17). The van der Waals surface area contributed by atoms with Gasteiger partial charge in [-0.1, -0.05) is 6.92 Å². The van der Waals surface area contributed by atoms with E-state index < -0.39 is 0 Å². The first kappa shape index (κ1) is 15.6. The summed E-state index contributed by atoms with van der Waals surface area (Å²) >= 11 is 0. The maximum absolute atomic E-state index is 5.44. The lowest BCUT2D eigenvalue weighted by Crippen LogP contribution is -2.44. The first-order valence-electron chi connectivity index (χ1n) is 7.98. The number of hydrogen-bond donors (Lipinski definition) is 1. The molecule has 1 atom stereocenters. The van der Waals surface area contributed by atoms with Gasteiger partial charge in [0.15, 0.2) is 5.96 Å². The van der Waals surface area contributed by atoms with Gasteiger partial charge in [0.2, 0.25) is 0 Å². The number of hydrogen-bond acceptors (Lipinski definition) is 3. The van der Waals surface area contributed by atoms with Crippen LogP contribution in [0.3, 0.4) is 0 Å². The van der Waals surface area contributed by atoms with E-state index >= 15 is 0 Å². The fraction of sp³-hybridized carbons (Fsp3) is 0.933. The van der Waals surface area contributed by atoms with Gasteiger partial charge in [0.25, 0.3) is 0 Å². The molecule has 1 N–H and O–H groups in total. The maximum Gasteiger partial charge on any atom is 0.193 e. The van der Waals surface area contributed by atoms with E-state index in [1.807, 2.05) is 7.05 Å². The minimum Gasteiger partial charge on any atom is -0.381 e. The normalized spacial score (nSPS) is 23.4. The molecule has 1 saturated heterocycles. The monoisotopic (exact) mass is 282 g/mol. The van der Waals surface area contributed by atoms with Crippen LogP contribution in [0.25, 0.3) is 0 Å². The van der Waals surface area contributed by atoms with Crippen molar-refractivity contribution in [3.05, 3.63) is 0 Å². The summed E-state index contributed by atoms with van der Waals surface area (Å²) in [6, 6.07) is 0.845. The van der Waals surface area contributed by atoms with Crippen molar-refractivity contribution < 1.29 is 4.74 Å². The second-order valence-electron chi connectivity index (χ2n) is 5.94. The lowest BCUT2D eigenvalue weighted by Gasteiger charge is -2.26. The molecule has 2 rings (SSSR count). The Labute approximate surface area is 123 Å². The molecule has 2 aliphatic rings. The number of likely N-dealkylation sites (N-methyl/N-ethyl adjacent to an activating group) is 1. The maximum atomic E-state index is 5.44. The van der Waals surface area contributed by atoms with E-state index in [4.69, 9.17) is 4.74 Å². The van der Waals surface area contributed by atoms with Crippen molar-refractivity contribution >= 4 is 5.96 Å². The van der Waals surface area contributed by atoms with Crippen molar-refractivity contribution in [1.82, 2.24) is 15.1 Å². The third-order valence-electron chi connectivity index (χ3n) is 4.28. The van der Waals surface area contributed by atoms with Gasteiger partial charge in [-0.2, -0.15) is 0 Å². The van der Waals surface area contributed by atoms with Crippen molar-refractivity contribution in [3.8, 4) is 0 Å². The van der Waals surface area contributed by atoms with Crippen LogP contribution in [0.5, 0.6) is 0 Å².